The molecule has 2 fully saturated rings. The minimum absolute atomic E-state index is 0. The minimum Gasteiger partial charge on any atom is -0.492 e. The van der Waals surface area contributed by atoms with Gasteiger partial charge in [-0.1, -0.05) is 35.9 Å². The molecule has 1 heterocycles. The fourth-order valence-corrected chi connectivity index (χ4v) is 5.25. The van der Waals surface area contributed by atoms with Crippen LogP contribution in [0.5, 0.6) is 11.5 Å². The zero-order chi connectivity index (χ0) is 26.6. The quantitative estimate of drug-likeness (QED) is 0.257. The lowest BCUT2D eigenvalue weighted by atomic mass is 10.1. The Morgan fingerprint density at radius 3 is 2.30 bits per heavy atom. The number of fused-ring (bicyclic) bond motifs is 1. The second kappa shape index (κ2) is 14.3. The van der Waals surface area contributed by atoms with Gasteiger partial charge in [-0.15, -0.1) is 24.8 Å². The van der Waals surface area contributed by atoms with E-state index in [1.54, 1.807) is 24.3 Å². The predicted molar refractivity (Wildman–Crippen MR) is 154 cm³/mol. The molecule has 0 aromatic heterocycles. The summed E-state index contributed by atoms with van der Waals surface area (Å²) in [5, 5.41) is 13.8. The second-order valence-corrected chi connectivity index (χ2v) is 10.3. The Kier molecular flexibility index (Phi) is 11.4. The van der Waals surface area contributed by atoms with Crippen LogP contribution in [0.4, 0.5) is 8.78 Å². The van der Waals surface area contributed by atoms with E-state index in [0.29, 0.717) is 35.8 Å². The van der Waals surface area contributed by atoms with Crippen molar-refractivity contribution in [2.75, 3.05) is 26.2 Å². The third-order valence-corrected chi connectivity index (χ3v) is 7.37. The first-order valence-electron chi connectivity index (χ1n) is 12.6. The van der Waals surface area contributed by atoms with Gasteiger partial charge in [0.15, 0.2) is 17.7 Å². The van der Waals surface area contributed by atoms with E-state index < -0.39 is 29.5 Å². The summed E-state index contributed by atoms with van der Waals surface area (Å²) in [5.41, 5.74) is 1.96. The molecule has 0 amide bonds. The molecule has 1 aliphatic carbocycles. The molecule has 0 radical (unpaired) electrons. The summed E-state index contributed by atoms with van der Waals surface area (Å²) in [4.78, 5) is 14.1. The highest BCUT2D eigenvalue weighted by Gasteiger charge is 2.55. The van der Waals surface area contributed by atoms with Gasteiger partial charge in [-0.25, -0.2) is 13.6 Å². The summed E-state index contributed by atoms with van der Waals surface area (Å²) < 4.78 is 38.3. The van der Waals surface area contributed by atoms with Crippen LogP contribution in [0, 0.1) is 23.5 Å². The molecule has 1 aliphatic heterocycles. The molecule has 11 heteroatoms. The molecule has 3 aromatic carbocycles. The molecule has 3 atom stereocenters. The fourth-order valence-electron chi connectivity index (χ4n) is 5.12. The number of likely N-dealkylation sites (tertiary alicyclic amines) is 1. The van der Waals surface area contributed by atoms with Crippen LogP contribution in [0.15, 0.2) is 66.7 Å². The van der Waals surface area contributed by atoms with E-state index in [0.717, 1.165) is 49.4 Å². The largest absolute Gasteiger partial charge is 0.492 e. The molecule has 1 saturated heterocycles. The topological polar surface area (TPSA) is 71.0 Å². The van der Waals surface area contributed by atoms with Gasteiger partial charge in [0.05, 0.1) is 0 Å². The van der Waals surface area contributed by atoms with Crippen molar-refractivity contribution in [1.82, 2.24) is 10.2 Å². The Morgan fingerprint density at radius 1 is 1.00 bits per heavy atom. The van der Waals surface area contributed by atoms with Gasteiger partial charge in [0.2, 0.25) is 0 Å². The van der Waals surface area contributed by atoms with Gasteiger partial charge in [-0.3, -0.25) is 4.90 Å². The third kappa shape index (κ3) is 8.21. The first-order chi connectivity index (χ1) is 18.4. The lowest BCUT2D eigenvalue weighted by Crippen LogP contribution is -2.33. The highest BCUT2D eigenvalue weighted by atomic mass is 35.5. The number of carboxylic acid groups (broad SMARTS) is 1. The van der Waals surface area contributed by atoms with Crippen molar-refractivity contribution >= 4 is 42.4 Å². The van der Waals surface area contributed by atoms with Gasteiger partial charge >= 0.3 is 5.97 Å². The Hall–Kier alpha value is -2.62. The van der Waals surface area contributed by atoms with Crippen molar-refractivity contribution in [1.29, 1.82) is 0 Å². The van der Waals surface area contributed by atoms with E-state index in [1.165, 1.54) is 5.56 Å². The van der Waals surface area contributed by atoms with E-state index in [9.17, 15) is 18.7 Å². The highest BCUT2D eigenvalue weighted by Crippen LogP contribution is 2.45. The second-order valence-electron chi connectivity index (χ2n) is 9.84. The maximum atomic E-state index is 13.8. The number of nitrogens with zero attached hydrogens (tertiary/aromatic N) is 1. The minimum atomic E-state index is -1.36. The first-order valence-corrected chi connectivity index (χ1v) is 13.0. The van der Waals surface area contributed by atoms with Crippen molar-refractivity contribution in [3.05, 3.63) is 94.5 Å². The molecule has 2 unspecified atom stereocenters. The Labute approximate surface area is 249 Å². The number of rotatable bonds is 12. The number of carbonyl (C=O) groups is 1. The van der Waals surface area contributed by atoms with E-state index in [-0.39, 0.29) is 31.2 Å². The summed E-state index contributed by atoms with van der Waals surface area (Å²) in [6.07, 6.45) is -1.37. The van der Waals surface area contributed by atoms with Gasteiger partial charge in [0.1, 0.15) is 18.2 Å². The normalized spacial score (nSPS) is 20.0. The fraction of sp³-hybridized carbons (Fsp3) is 0.345. The number of ether oxygens (including phenoxy) is 2. The number of aliphatic carboxylic acids is 1. The Balaban J connectivity index is 0.00000220. The highest BCUT2D eigenvalue weighted by molar-refractivity contribution is 6.30. The van der Waals surface area contributed by atoms with Gasteiger partial charge < -0.3 is 19.9 Å². The van der Waals surface area contributed by atoms with Crippen molar-refractivity contribution < 1.29 is 28.2 Å². The van der Waals surface area contributed by atoms with Gasteiger partial charge in [-0.2, -0.15) is 0 Å². The van der Waals surface area contributed by atoms with Gasteiger partial charge in [0.25, 0.3) is 0 Å². The Bertz CT molecular complexity index is 1260. The molecule has 40 heavy (non-hydrogen) atoms. The van der Waals surface area contributed by atoms with Crippen LogP contribution in [-0.4, -0.2) is 54.4 Å². The van der Waals surface area contributed by atoms with E-state index in [4.69, 9.17) is 21.1 Å². The molecule has 1 saturated carbocycles. The van der Waals surface area contributed by atoms with Gasteiger partial charge in [-0.05, 0) is 59.4 Å². The zero-order valence-electron chi connectivity index (χ0n) is 21.5. The molecule has 2 N–H and O–H groups in total. The summed E-state index contributed by atoms with van der Waals surface area (Å²) in [6, 6.07) is 18.3. The van der Waals surface area contributed by atoms with Crippen LogP contribution in [0.25, 0.3) is 0 Å². The standard InChI is InChI=1S/C29H29ClF2N2O4.2ClH/c30-20-5-1-19(2-6-20)15-34-16-23-24(17-34)28(23)33-11-12-37-22-8-3-18(4-9-22)13-27(29(35)36)38-26-14-21(31)7-10-25(26)32;;/h1-10,14,23-24,27-28,33H,11-13,15-17H2,(H,35,36);2*1H/t23?,24?,27-,28?;;/m0../s1. The van der Waals surface area contributed by atoms with E-state index >= 15 is 0 Å². The smallest absolute Gasteiger partial charge is 0.345 e. The molecular weight excluding hydrogens is 585 g/mol. The number of halogens is 5. The summed E-state index contributed by atoms with van der Waals surface area (Å²) in [7, 11) is 0. The third-order valence-electron chi connectivity index (χ3n) is 7.12. The number of hydrogen-bond acceptors (Lipinski definition) is 5. The maximum absolute atomic E-state index is 13.8. The van der Waals surface area contributed by atoms with E-state index in [2.05, 4.69) is 22.3 Å². The molecule has 6 nitrogen and oxygen atoms in total. The van der Waals surface area contributed by atoms with Crippen LogP contribution >= 0.6 is 36.4 Å². The lowest BCUT2D eigenvalue weighted by molar-refractivity contribution is -0.145. The van der Waals surface area contributed by atoms with Crippen LogP contribution in [0.3, 0.4) is 0 Å². The van der Waals surface area contributed by atoms with Crippen molar-refractivity contribution in [2.45, 2.75) is 25.1 Å². The van der Waals surface area contributed by atoms with Crippen molar-refractivity contribution in [3.8, 4) is 11.5 Å². The van der Waals surface area contributed by atoms with Gasteiger partial charge in [0, 0.05) is 49.7 Å². The molecule has 3 aromatic rings. The molecule has 5 rings (SSSR count). The molecule has 0 bridgehead atoms. The van der Waals surface area contributed by atoms with Crippen molar-refractivity contribution in [3.63, 3.8) is 0 Å². The average Bonchev–Trinajstić information content (AvgIpc) is 3.35. The number of nitrogens with one attached hydrogen (secondary N) is 1. The van der Waals surface area contributed by atoms with E-state index in [1.807, 2.05) is 12.1 Å². The predicted octanol–water partition coefficient (Wildman–Crippen LogP) is 5.64. The number of carboxylic acids is 1. The first kappa shape index (κ1) is 31.9. The molecule has 216 valence electrons. The molecular formula is C29H31Cl3F2N2O4. The summed E-state index contributed by atoms with van der Waals surface area (Å²) in [6.45, 7) is 4.41. The van der Waals surface area contributed by atoms with Crippen LogP contribution in [0.2, 0.25) is 5.02 Å². The summed E-state index contributed by atoms with van der Waals surface area (Å²) in [5.74, 6) is -1.18. The Morgan fingerprint density at radius 2 is 1.65 bits per heavy atom. The van der Waals surface area contributed by atoms with Crippen LogP contribution in [-0.2, 0) is 17.8 Å². The average molecular weight is 616 g/mol. The molecule has 2 aliphatic rings. The van der Waals surface area contributed by atoms with Crippen molar-refractivity contribution in [2.24, 2.45) is 11.8 Å². The van der Waals surface area contributed by atoms with Crippen LogP contribution in [0.1, 0.15) is 11.1 Å². The SMILES string of the molecule is Cl.Cl.O=C(O)[C@H](Cc1ccc(OCCNC2C3CN(Cc4ccc(Cl)cc4)CC32)cc1)Oc1cc(F)ccc1F. The lowest BCUT2D eigenvalue weighted by Gasteiger charge is -2.20. The molecule has 0 spiro atoms. The van der Waals surface area contributed by atoms with Crippen LogP contribution < -0.4 is 14.8 Å². The number of benzene rings is 3. The maximum Gasteiger partial charge on any atom is 0.345 e. The summed E-state index contributed by atoms with van der Waals surface area (Å²) >= 11 is 5.97. The monoisotopic (exact) mass is 614 g/mol. The number of piperidine rings is 1. The number of hydrogen-bond donors (Lipinski definition) is 2. The zero-order valence-corrected chi connectivity index (χ0v) is 23.9.